The second-order valence-electron chi connectivity index (χ2n) is 4.42. The Morgan fingerprint density at radius 3 is 2.33 bits per heavy atom. The lowest BCUT2D eigenvalue weighted by molar-refractivity contribution is 0.597. The zero-order chi connectivity index (χ0) is 15.6. The van der Waals surface area contributed by atoms with Crippen LogP contribution in [-0.4, -0.2) is 13.4 Å². The molecule has 2 aromatic rings. The van der Waals surface area contributed by atoms with Crippen molar-refractivity contribution in [3.05, 3.63) is 50.5 Å². The Kier molecular flexibility index (Phi) is 5.03. The second kappa shape index (κ2) is 6.43. The van der Waals surface area contributed by atoms with Crippen molar-refractivity contribution < 1.29 is 8.42 Å². The van der Waals surface area contributed by atoms with E-state index in [4.69, 9.17) is 5.73 Å². The molecule has 5 nitrogen and oxygen atoms in total. The maximum atomic E-state index is 12.3. The number of hydrogen-bond donors (Lipinski definition) is 2. The zero-order valence-corrected chi connectivity index (χ0v) is 15.1. The number of nitrogens with one attached hydrogen (secondary N) is 1. The molecule has 112 valence electrons. The number of pyridine rings is 1. The van der Waals surface area contributed by atoms with Gasteiger partial charge in [-0.05, 0) is 68.1 Å². The highest BCUT2D eigenvalue weighted by Gasteiger charge is 2.19. The fraction of sp³-hybridized carbons (Fsp3) is 0.154. The number of benzene rings is 1. The molecule has 1 aromatic heterocycles. The van der Waals surface area contributed by atoms with Crippen LogP contribution in [0.15, 0.2) is 44.4 Å². The van der Waals surface area contributed by atoms with Crippen molar-refractivity contribution in [2.24, 2.45) is 5.73 Å². The van der Waals surface area contributed by atoms with Crippen molar-refractivity contribution in [1.82, 2.24) is 4.98 Å². The van der Waals surface area contributed by atoms with Crippen molar-refractivity contribution in [2.45, 2.75) is 18.5 Å². The monoisotopic (exact) mass is 433 g/mol. The smallest absolute Gasteiger partial charge is 0.279 e. The highest BCUT2D eigenvalue weighted by molar-refractivity contribution is 9.11. The molecule has 0 aliphatic heterocycles. The van der Waals surface area contributed by atoms with Gasteiger partial charge >= 0.3 is 0 Å². The standard InChI is InChI=1S/C13H13Br2N3O2S/c1-8-4-10(14)13(11(15)5-8)18-21(19,20)12-3-2-9(6-16)7-17-12/h2-5,7,18H,6,16H2,1H3. The van der Waals surface area contributed by atoms with Gasteiger partial charge in [-0.15, -0.1) is 0 Å². The van der Waals surface area contributed by atoms with Crippen LogP contribution >= 0.6 is 31.9 Å². The lowest BCUT2D eigenvalue weighted by Crippen LogP contribution is -2.15. The summed E-state index contributed by atoms with van der Waals surface area (Å²) < 4.78 is 28.5. The highest BCUT2D eigenvalue weighted by atomic mass is 79.9. The first kappa shape index (κ1) is 16.4. The molecule has 8 heteroatoms. The molecule has 0 amide bonds. The van der Waals surface area contributed by atoms with Gasteiger partial charge in [-0.2, -0.15) is 8.42 Å². The van der Waals surface area contributed by atoms with Gasteiger partial charge in [-0.3, -0.25) is 4.72 Å². The van der Waals surface area contributed by atoms with E-state index in [0.29, 0.717) is 21.2 Å². The van der Waals surface area contributed by atoms with Gasteiger partial charge in [-0.1, -0.05) is 6.07 Å². The van der Waals surface area contributed by atoms with Crippen molar-refractivity contribution >= 4 is 47.6 Å². The lowest BCUT2D eigenvalue weighted by atomic mass is 10.2. The van der Waals surface area contributed by atoms with E-state index < -0.39 is 10.0 Å². The summed E-state index contributed by atoms with van der Waals surface area (Å²) in [5, 5.41) is -0.0564. The van der Waals surface area contributed by atoms with Crippen LogP contribution in [0.4, 0.5) is 5.69 Å². The van der Waals surface area contributed by atoms with E-state index in [9.17, 15) is 8.42 Å². The largest absolute Gasteiger partial charge is 0.326 e. The fourth-order valence-electron chi connectivity index (χ4n) is 1.67. The summed E-state index contributed by atoms with van der Waals surface area (Å²) in [7, 11) is -3.76. The second-order valence-corrected chi connectivity index (χ2v) is 7.76. The maximum absolute atomic E-state index is 12.3. The molecule has 0 radical (unpaired) electrons. The van der Waals surface area contributed by atoms with Crippen LogP contribution < -0.4 is 10.5 Å². The molecule has 0 saturated heterocycles. The van der Waals surface area contributed by atoms with Gasteiger partial charge in [0.05, 0.1) is 5.69 Å². The molecule has 0 bridgehead atoms. The van der Waals surface area contributed by atoms with Gasteiger partial charge in [0.1, 0.15) is 0 Å². The van der Waals surface area contributed by atoms with Gasteiger partial charge in [0.15, 0.2) is 5.03 Å². The lowest BCUT2D eigenvalue weighted by Gasteiger charge is -2.12. The van der Waals surface area contributed by atoms with Crippen molar-refractivity contribution in [3.8, 4) is 0 Å². The van der Waals surface area contributed by atoms with Crippen LogP contribution in [0, 0.1) is 6.92 Å². The molecular formula is C13H13Br2N3O2S. The first-order valence-corrected chi connectivity index (χ1v) is 9.04. The van der Waals surface area contributed by atoms with E-state index in [2.05, 4.69) is 41.6 Å². The average molecular weight is 435 g/mol. The minimum absolute atomic E-state index is 0.0564. The molecule has 21 heavy (non-hydrogen) atoms. The first-order valence-electron chi connectivity index (χ1n) is 5.97. The highest BCUT2D eigenvalue weighted by Crippen LogP contribution is 2.33. The molecule has 1 heterocycles. The van der Waals surface area contributed by atoms with Gasteiger partial charge in [0, 0.05) is 21.7 Å². The third-order valence-corrected chi connectivity index (χ3v) is 5.25. The van der Waals surface area contributed by atoms with Crippen LogP contribution in [0.25, 0.3) is 0 Å². The zero-order valence-electron chi connectivity index (χ0n) is 11.1. The predicted octanol–water partition coefficient (Wildman–Crippen LogP) is 3.17. The molecule has 1 aromatic carbocycles. The number of rotatable bonds is 4. The summed E-state index contributed by atoms with van der Waals surface area (Å²) in [6.07, 6.45) is 1.45. The molecule has 0 aliphatic rings. The normalized spacial score (nSPS) is 11.4. The molecule has 3 N–H and O–H groups in total. The summed E-state index contributed by atoms with van der Waals surface area (Å²) in [5.41, 5.74) is 7.68. The Labute approximate surface area is 140 Å². The average Bonchev–Trinajstić information content (AvgIpc) is 2.43. The minimum atomic E-state index is -3.76. The molecule has 0 spiro atoms. The first-order chi connectivity index (χ1) is 9.83. The fourth-order valence-corrected chi connectivity index (χ4v) is 4.58. The summed E-state index contributed by atoms with van der Waals surface area (Å²) in [5.74, 6) is 0. The number of nitrogens with two attached hydrogens (primary N) is 1. The summed E-state index contributed by atoms with van der Waals surface area (Å²) in [6, 6.07) is 6.72. The number of sulfonamides is 1. The molecule has 0 atom stereocenters. The molecule has 0 aliphatic carbocycles. The molecule has 0 saturated carbocycles. The maximum Gasteiger partial charge on any atom is 0.279 e. The van der Waals surface area contributed by atoms with Crippen LogP contribution in [0.1, 0.15) is 11.1 Å². The molecule has 2 rings (SSSR count). The van der Waals surface area contributed by atoms with Gasteiger partial charge in [0.2, 0.25) is 0 Å². The topological polar surface area (TPSA) is 85.1 Å². The molecule has 0 unspecified atom stereocenters. The number of aryl methyl sites for hydroxylation is 1. The number of anilines is 1. The third-order valence-electron chi connectivity index (χ3n) is 2.73. The Hall–Kier alpha value is -0.960. The van der Waals surface area contributed by atoms with Crippen LogP contribution in [-0.2, 0) is 16.6 Å². The molecule has 0 fully saturated rings. The van der Waals surface area contributed by atoms with E-state index >= 15 is 0 Å². The minimum Gasteiger partial charge on any atom is -0.326 e. The number of nitrogens with zero attached hydrogens (tertiary/aromatic N) is 1. The molecular weight excluding hydrogens is 422 g/mol. The summed E-state index contributed by atoms with van der Waals surface area (Å²) in [4.78, 5) is 3.93. The van der Waals surface area contributed by atoms with Crippen molar-refractivity contribution in [3.63, 3.8) is 0 Å². The Morgan fingerprint density at radius 1 is 1.24 bits per heavy atom. The Balaban J connectivity index is 2.37. The number of aromatic nitrogens is 1. The van der Waals surface area contributed by atoms with Crippen molar-refractivity contribution in [2.75, 3.05) is 4.72 Å². The Bertz CT molecular complexity index is 738. The van der Waals surface area contributed by atoms with Crippen molar-refractivity contribution in [1.29, 1.82) is 0 Å². The predicted molar refractivity (Wildman–Crippen MR) is 89.5 cm³/mol. The van der Waals surface area contributed by atoms with Gasteiger partial charge < -0.3 is 5.73 Å². The quantitative estimate of drug-likeness (QED) is 0.773. The van der Waals surface area contributed by atoms with E-state index in [-0.39, 0.29) is 5.03 Å². The van der Waals surface area contributed by atoms with E-state index in [1.165, 1.54) is 12.3 Å². The summed E-state index contributed by atoms with van der Waals surface area (Å²) in [6.45, 7) is 2.23. The van der Waals surface area contributed by atoms with Crippen LogP contribution in [0.2, 0.25) is 0 Å². The van der Waals surface area contributed by atoms with E-state index in [1.807, 2.05) is 19.1 Å². The van der Waals surface area contributed by atoms with Gasteiger partial charge in [-0.25, -0.2) is 4.98 Å². The SMILES string of the molecule is Cc1cc(Br)c(NS(=O)(=O)c2ccc(CN)cn2)c(Br)c1. The number of hydrogen-bond acceptors (Lipinski definition) is 4. The third kappa shape index (κ3) is 3.82. The van der Waals surface area contributed by atoms with Crippen LogP contribution in [0.5, 0.6) is 0 Å². The van der Waals surface area contributed by atoms with Crippen LogP contribution in [0.3, 0.4) is 0 Å². The number of halogens is 2. The van der Waals surface area contributed by atoms with E-state index in [0.717, 1.165) is 11.1 Å². The Morgan fingerprint density at radius 2 is 1.86 bits per heavy atom. The summed E-state index contributed by atoms with van der Waals surface area (Å²) >= 11 is 6.70. The van der Waals surface area contributed by atoms with Gasteiger partial charge in [0.25, 0.3) is 10.0 Å². The van der Waals surface area contributed by atoms with E-state index in [1.54, 1.807) is 6.07 Å².